The molecule has 3 amide bonds. The van der Waals surface area contributed by atoms with E-state index in [1.807, 2.05) is 0 Å². The molecule has 0 bridgehead atoms. The van der Waals surface area contributed by atoms with E-state index in [0.29, 0.717) is 10.9 Å². The van der Waals surface area contributed by atoms with Gasteiger partial charge in [0.25, 0.3) is 5.91 Å². The zero-order chi connectivity index (χ0) is 25.7. The lowest BCUT2D eigenvalue weighted by atomic mass is 10.2. The molecular weight excluding hydrogens is 481 g/mol. The lowest BCUT2D eigenvalue weighted by Crippen LogP contribution is -2.49. The Morgan fingerprint density at radius 2 is 1.91 bits per heavy atom. The maximum absolute atomic E-state index is 14.1. The van der Waals surface area contributed by atoms with Crippen molar-refractivity contribution in [3.63, 3.8) is 0 Å². The molecule has 12 heteroatoms. The average Bonchev–Trinajstić information content (AvgIpc) is 3.21. The van der Waals surface area contributed by atoms with Gasteiger partial charge in [-0.05, 0) is 19.1 Å². The van der Waals surface area contributed by atoms with Crippen molar-refractivity contribution in [2.75, 3.05) is 13.7 Å². The number of esters is 1. The Labute approximate surface area is 204 Å². The number of carbonyl (C=O) groups excluding carboxylic acids is 4. The highest BCUT2D eigenvalue weighted by Crippen LogP contribution is 2.19. The minimum atomic E-state index is -1.11. The van der Waals surface area contributed by atoms with Crippen LogP contribution < -0.4 is 11.1 Å². The largest absolute Gasteiger partial charge is 0.467 e. The molecule has 1 atom stereocenters. The molecule has 1 aromatic heterocycles. The summed E-state index contributed by atoms with van der Waals surface area (Å²) in [5, 5.41) is 7.01. The molecule has 3 aromatic rings. The third kappa shape index (κ3) is 5.75. The second kappa shape index (κ2) is 11.0. The van der Waals surface area contributed by atoms with Gasteiger partial charge in [0.15, 0.2) is 5.69 Å². The number of primary amides is 1. The summed E-state index contributed by atoms with van der Waals surface area (Å²) in [5.41, 5.74) is 6.02. The van der Waals surface area contributed by atoms with E-state index in [2.05, 4.69) is 10.4 Å². The number of carbonyl (C=O) groups is 4. The van der Waals surface area contributed by atoms with Crippen molar-refractivity contribution in [3.05, 3.63) is 64.6 Å². The highest BCUT2D eigenvalue weighted by Gasteiger charge is 2.29. The van der Waals surface area contributed by atoms with Crippen molar-refractivity contribution in [2.45, 2.75) is 26.1 Å². The molecule has 1 heterocycles. The molecule has 3 rings (SSSR count). The fourth-order valence-electron chi connectivity index (χ4n) is 3.48. The summed E-state index contributed by atoms with van der Waals surface area (Å²) in [6.07, 6.45) is 0. The predicted octanol–water partition coefficient (Wildman–Crippen LogP) is 1.63. The number of ether oxygens (including phenoxy) is 1. The van der Waals surface area contributed by atoms with Crippen molar-refractivity contribution in [1.29, 1.82) is 0 Å². The van der Waals surface area contributed by atoms with Crippen LogP contribution in [0.5, 0.6) is 0 Å². The number of hydrogen-bond donors (Lipinski definition) is 2. The number of methoxy groups -OCH3 is 1. The molecule has 10 nitrogen and oxygen atoms in total. The van der Waals surface area contributed by atoms with Gasteiger partial charge in [-0.2, -0.15) is 5.10 Å². The van der Waals surface area contributed by atoms with Gasteiger partial charge in [-0.3, -0.25) is 19.1 Å². The normalized spacial score (nSPS) is 11.7. The van der Waals surface area contributed by atoms with Crippen LogP contribution in [0, 0.1) is 5.82 Å². The summed E-state index contributed by atoms with van der Waals surface area (Å²) in [7, 11) is 1.16. The van der Waals surface area contributed by atoms with Crippen LogP contribution in [-0.2, 0) is 32.2 Å². The number of halogens is 2. The number of nitrogens with one attached hydrogen (secondary N) is 1. The minimum absolute atomic E-state index is 0.0118. The second-order valence-corrected chi connectivity index (χ2v) is 8.01. The fraction of sp³-hybridized carbons (Fsp3) is 0.261. The zero-order valence-electron chi connectivity index (χ0n) is 19.0. The number of nitrogens with zero attached hydrogens (tertiary/aromatic N) is 3. The lowest BCUT2D eigenvalue weighted by Gasteiger charge is -2.27. The van der Waals surface area contributed by atoms with E-state index >= 15 is 0 Å². The first-order valence-electron chi connectivity index (χ1n) is 10.5. The van der Waals surface area contributed by atoms with Crippen molar-refractivity contribution in [2.24, 2.45) is 5.73 Å². The Bertz CT molecular complexity index is 1290. The van der Waals surface area contributed by atoms with Crippen LogP contribution in [0.3, 0.4) is 0 Å². The lowest BCUT2D eigenvalue weighted by molar-refractivity contribution is -0.153. The Morgan fingerprint density at radius 3 is 2.60 bits per heavy atom. The molecule has 0 aliphatic heterocycles. The maximum Gasteiger partial charge on any atom is 0.328 e. The molecule has 0 spiro atoms. The Balaban J connectivity index is 1.80. The quantitative estimate of drug-likeness (QED) is 0.426. The van der Waals surface area contributed by atoms with E-state index < -0.39 is 42.1 Å². The van der Waals surface area contributed by atoms with Gasteiger partial charge in [0.05, 0.1) is 17.6 Å². The van der Waals surface area contributed by atoms with Crippen LogP contribution in [0.25, 0.3) is 10.9 Å². The first-order valence-corrected chi connectivity index (χ1v) is 10.8. The molecule has 0 radical (unpaired) electrons. The second-order valence-electron chi connectivity index (χ2n) is 7.60. The van der Waals surface area contributed by atoms with Gasteiger partial charge in [-0.15, -0.1) is 0 Å². The number of benzene rings is 2. The smallest absolute Gasteiger partial charge is 0.328 e. The molecular formula is C23H23ClFN5O5. The van der Waals surface area contributed by atoms with E-state index in [9.17, 15) is 23.6 Å². The number of hydrogen-bond acceptors (Lipinski definition) is 6. The molecule has 1 unspecified atom stereocenters. The molecule has 0 aliphatic carbocycles. The summed E-state index contributed by atoms with van der Waals surface area (Å²) in [6, 6.07) is 9.96. The highest BCUT2D eigenvalue weighted by atomic mass is 35.5. The number of aromatic nitrogens is 2. The van der Waals surface area contributed by atoms with Gasteiger partial charge in [0.2, 0.25) is 11.8 Å². The molecule has 184 valence electrons. The number of rotatable bonds is 9. The molecule has 35 heavy (non-hydrogen) atoms. The molecule has 0 fully saturated rings. The average molecular weight is 504 g/mol. The van der Waals surface area contributed by atoms with Crippen LogP contribution in [0.4, 0.5) is 4.39 Å². The number of fused-ring (bicyclic) bond motifs is 1. The predicted molar refractivity (Wildman–Crippen MR) is 125 cm³/mol. The van der Waals surface area contributed by atoms with Crippen molar-refractivity contribution >= 4 is 46.2 Å². The summed E-state index contributed by atoms with van der Waals surface area (Å²) in [5.74, 6) is -3.45. The SMILES string of the molecule is COC(=O)C(C)N(CC(=O)NCc1cccc(Cl)c1F)C(=O)Cn1nc(C(N)=O)c2ccccc21. The monoisotopic (exact) mass is 503 g/mol. The maximum atomic E-state index is 14.1. The van der Waals surface area contributed by atoms with Gasteiger partial charge in [0.1, 0.15) is 24.9 Å². The van der Waals surface area contributed by atoms with Crippen LogP contribution in [0.1, 0.15) is 23.0 Å². The Morgan fingerprint density at radius 1 is 1.20 bits per heavy atom. The van der Waals surface area contributed by atoms with Gasteiger partial charge in [0, 0.05) is 17.5 Å². The van der Waals surface area contributed by atoms with Gasteiger partial charge in [-0.1, -0.05) is 41.9 Å². The first kappa shape index (κ1) is 25.6. The minimum Gasteiger partial charge on any atom is -0.467 e. The number of para-hydroxylation sites is 1. The zero-order valence-corrected chi connectivity index (χ0v) is 19.7. The first-order chi connectivity index (χ1) is 16.6. The van der Waals surface area contributed by atoms with E-state index in [1.54, 1.807) is 24.3 Å². The number of nitrogens with two attached hydrogens (primary N) is 1. The highest BCUT2D eigenvalue weighted by molar-refractivity contribution is 6.30. The van der Waals surface area contributed by atoms with Gasteiger partial charge in [-0.25, -0.2) is 9.18 Å². The van der Waals surface area contributed by atoms with E-state index in [0.717, 1.165) is 12.0 Å². The van der Waals surface area contributed by atoms with Crippen LogP contribution in [0.2, 0.25) is 5.02 Å². The van der Waals surface area contributed by atoms with Crippen molar-refractivity contribution < 1.29 is 28.3 Å². The number of amides is 3. The van der Waals surface area contributed by atoms with Gasteiger partial charge < -0.3 is 20.7 Å². The van der Waals surface area contributed by atoms with Crippen molar-refractivity contribution in [1.82, 2.24) is 20.0 Å². The molecule has 3 N–H and O–H groups in total. The molecule has 0 aliphatic rings. The standard InChI is InChI=1S/C23H23ClFN5O5/c1-13(23(34)35-2)29(11-18(31)27-10-14-6-5-8-16(24)20(14)25)19(32)12-30-17-9-4-3-7-15(17)21(28-30)22(26)33/h3-9,13H,10-12H2,1-2H3,(H2,26,33)(H,27,31). The van der Waals surface area contributed by atoms with Crippen molar-refractivity contribution in [3.8, 4) is 0 Å². The fourth-order valence-corrected chi connectivity index (χ4v) is 3.67. The van der Waals surface area contributed by atoms with Gasteiger partial charge >= 0.3 is 5.97 Å². The molecule has 0 saturated heterocycles. The third-order valence-corrected chi connectivity index (χ3v) is 5.62. The third-order valence-electron chi connectivity index (χ3n) is 5.33. The summed E-state index contributed by atoms with van der Waals surface area (Å²) in [4.78, 5) is 50.7. The summed E-state index contributed by atoms with van der Waals surface area (Å²) >= 11 is 5.76. The topological polar surface area (TPSA) is 137 Å². The van der Waals surface area contributed by atoms with Crippen LogP contribution >= 0.6 is 11.6 Å². The van der Waals surface area contributed by atoms with Crippen LogP contribution in [-0.4, -0.2) is 58.1 Å². The van der Waals surface area contributed by atoms with E-state index in [-0.39, 0.29) is 29.4 Å². The summed E-state index contributed by atoms with van der Waals surface area (Å²) in [6.45, 7) is 0.333. The van der Waals surface area contributed by atoms with E-state index in [1.165, 1.54) is 29.8 Å². The molecule has 2 aromatic carbocycles. The Hall–Kier alpha value is -3.99. The van der Waals surface area contributed by atoms with Crippen LogP contribution in [0.15, 0.2) is 42.5 Å². The Kier molecular flexibility index (Phi) is 8.02. The molecule has 0 saturated carbocycles. The van der Waals surface area contributed by atoms with E-state index in [4.69, 9.17) is 22.1 Å². The summed E-state index contributed by atoms with van der Waals surface area (Å²) < 4.78 is 20.1.